The maximum absolute atomic E-state index is 6.84. The number of hydrogen-bond donors (Lipinski definition) is 0. The zero-order valence-electron chi connectivity index (χ0n) is 37.9. The molecule has 12 aromatic rings. The van der Waals surface area contributed by atoms with Gasteiger partial charge < -0.3 is 13.9 Å². The van der Waals surface area contributed by atoms with Crippen molar-refractivity contribution in [2.75, 3.05) is 4.90 Å². The van der Waals surface area contributed by atoms with Crippen molar-refractivity contribution < 1.29 is 4.42 Å². The van der Waals surface area contributed by atoms with Crippen LogP contribution in [-0.2, 0) is 10.8 Å². The number of benzene rings is 10. The van der Waals surface area contributed by atoms with E-state index in [-0.39, 0.29) is 10.8 Å². The number of furan rings is 1. The lowest BCUT2D eigenvalue weighted by atomic mass is 9.82. The van der Waals surface area contributed by atoms with Crippen molar-refractivity contribution in [3.05, 3.63) is 228 Å². The number of hydrogen-bond acceptors (Lipinski definition) is 2. The van der Waals surface area contributed by atoms with E-state index in [0.717, 1.165) is 44.6 Å². The summed E-state index contributed by atoms with van der Waals surface area (Å²) < 4.78 is 9.23. The average Bonchev–Trinajstić information content (AvgIpc) is 4.04. The van der Waals surface area contributed by atoms with Gasteiger partial charge in [0.15, 0.2) is 0 Å². The zero-order valence-corrected chi connectivity index (χ0v) is 37.9. The summed E-state index contributed by atoms with van der Waals surface area (Å²) in [5, 5.41) is 7.35. The Bertz CT molecular complexity index is 3940. The summed E-state index contributed by atoms with van der Waals surface area (Å²) in [4.78, 5) is 2.43. The molecule has 0 saturated heterocycles. The van der Waals surface area contributed by atoms with E-state index < -0.39 is 0 Å². The molecule has 14 rings (SSSR count). The zero-order chi connectivity index (χ0) is 44.8. The highest BCUT2D eigenvalue weighted by atomic mass is 16.3. The third kappa shape index (κ3) is 5.40. The highest BCUT2D eigenvalue weighted by molar-refractivity contribution is 6.25. The Morgan fingerprint density at radius 3 is 1.69 bits per heavy atom. The third-order valence-electron chi connectivity index (χ3n) is 15.4. The van der Waals surface area contributed by atoms with Gasteiger partial charge in [-0.05, 0) is 139 Å². The molecule has 3 nitrogen and oxygen atoms in total. The van der Waals surface area contributed by atoms with Crippen LogP contribution >= 0.6 is 0 Å². The maximum atomic E-state index is 6.84. The molecule has 0 atom stereocenters. The molecule has 0 radical (unpaired) electrons. The van der Waals surface area contributed by atoms with Crippen LogP contribution in [0.2, 0.25) is 0 Å². The molecule has 2 aliphatic carbocycles. The molecule has 0 N–H and O–H groups in total. The van der Waals surface area contributed by atoms with Crippen LogP contribution in [0.15, 0.2) is 199 Å². The van der Waals surface area contributed by atoms with Crippen LogP contribution in [0, 0.1) is 0 Å². The Morgan fingerprint density at radius 1 is 0.418 bits per heavy atom. The summed E-state index contributed by atoms with van der Waals surface area (Å²) in [5.41, 5.74) is 21.4. The topological polar surface area (TPSA) is 21.3 Å². The van der Waals surface area contributed by atoms with Crippen molar-refractivity contribution in [1.82, 2.24) is 4.57 Å². The van der Waals surface area contributed by atoms with E-state index in [0.29, 0.717) is 0 Å². The van der Waals surface area contributed by atoms with Crippen LogP contribution in [0.4, 0.5) is 17.1 Å². The van der Waals surface area contributed by atoms with Gasteiger partial charge in [0.05, 0.1) is 11.0 Å². The highest BCUT2D eigenvalue weighted by Gasteiger charge is 2.38. The van der Waals surface area contributed by atoms with E-state index in [9.17, 15) is 0 Å². The van der Waals surface area contributed by atoms with Crippen LogP contribution in [-0.4, -0.2) is 4.57 Å². The van der Waals surface area contributed by atoms with Gasteiger partial charge in [-0.25, -0.2) is 0 Å². The third-order valence-corrected chi connectivity index (χ3v) is 15.4. The number of aromatic nitrogens is 1. The van der Waals surface area contributed by atoms with Gasteiger partial charge in [0.2, 0.25) is 0 Å². The molecular weight excluding hydrogens is 813 g/mol. The first-order chi connectivity index (χ1) is 32.7. The second-order valence-corrected chi connectivity index (χ2v) is 19.7. The predicted octanol–water partition coefficient (Wildman–Crippen LogP) is 17.5. The van der Waals surface area contributed by atoms with Crippen molar-refractivity contribution in [3.8, 4) is 27.9 Å². The molecule has 2 aromatic heterocycles. The largest absolute Gasteiger partial charge is 0.456 e. The molecule has 0 saturated carbocycles. The Labute approximate surface area is 389 Å². The molecule has 0 amide bonds. The minimum Gasteiger partial charge on any atom is -0.456 e. The first kappa shape index (κ1) is 38.2. The highest BCUT2D eigenvalue weighted by Crippen LogP contribution is 2.53. The van der Waals surface area contributed by atoms with Crippen molar-refractivity contribution in [3.63, 3.8) is 0 Å². The first-order valence-corrected chi connectivity index (χ1v) is 23.5. The summed E-state index contributed by atoms with van der Waals surface area (Å²) in [6.07, 6.45) is 4.48. The van der Waals surface area contributed by atoms with E-state index in [1.807, 2.05) is 0 Å². The molecule has 2 aliphatic rings. The minimum atomic E-state index is -0.128. The van der Waals surface area contributed by atoms with Gasteiger partial charge in [-0.15, -0.1) is 0 Å². The van der Waals surface area contributed by atoms with E-state index in [4.69, 9.17) is 4.42 Å². The molecule has 0 spiro atoms. The van der Waals surface area contributed by atoms with Crippen LogP contribution in [0.3, 0.4) is 0 Å². The van der Waals surface area contributed by atoms with Gasteiger partial charge in [0.1, 0.15) is 11.2 Å². The average molecular weight is 859 g/mol. The van der Waals surface area contributed by atoms with Gasteiger partial charge in [0, 0.05) is 61.2 Å². The lowest BCUT2D eigenvalue weighted by molar-refractivity contribution is 0.660. The minimum absolute atomic E-state index is 0.128. The Balaban J connectivity index is 0.867. The van der Waals surface area contributed by atoms with E-state index in [1.54, 1.807) is 0 Å². The number of rotatable bonds is 6. The molecule has 0 bridgehead atoms. The summed E-state index contributed by atoms with van der Waals surface area (Å²) in [7, 11) is 0. The maximum Gasteiger partial charge on any atom is 0.137 e. The van der Waals surface area contributed by atoms with Gasteiger partial charge in [-0.1, -0.05) is 155 Å². The Kier molecular flexibility index (Phi) is 7.80. The van der Waals surface area contributed by atoms with Gasteiger partial charge in [-0.2, -0.15) is 0 Å². The van der Waals surface area contributed by atoms with Crippen molar-refractivity contribution in [1.29, 1.82) is 0 Å². The molecule has 0 fully saturated rings. The van der Waals surface area contributed by atoms with Gasteiger partial charge in [-0.3, -0.25) is 0 Å². The second kappa shape index (κ2) is 13.7. The standard InChI is InChI=1S/C64H46N2O/c1-63(2)53-18-10-8-16-47(53)49-31-26-43(36-55(49)63)65(44-27-32-50-48-17-9-11-19-54(48)64(3,4)56(50)37-44)45-28-33-52-51-29-22-39(35-59(51)67-60(52)38-45)21-23-40-25-34-58-62-46(40)30-24-41-13-12-20-57(61(41)62)66(58)42-14-6-5-7-15-42/h5-38H,1-4H3. The predicted molar refractivity (Wildman–Crippen MR) is 282 cm³/mol. The summed E-state index contributed by atoms with van der Waals surface area (Å²) in [6, 6.07) is 71.6. The molecular formula is C64H46N2O. The van der Waals surface area contributed by atoms with Crippen LogP contribution in [0.1, 0.15) is 61.1 Å². The number of anilines is 3. The fourth-order valence-corrected chi connectivity index (χ4v) is 12.0. The van der Waals surface area contributed by atoms with Crippen LogP contribution in [0.25, 0.3) is 94.6 Å². The molecule has 10 aromatic carbocycles. The summed E-state index contributed by atoms with van der Waals surface area (Å²) >= 11 is 0. The molecule has 3 heteroatoms. The first-order valence-electron chi connectivity index (χ1n) is 23.5. The number of para-hydroxylation sites is 1. The second-order valence-electron chi connectivity index (χ2n) is 19.7. The van der Waals surface area contributed by atoms with Gasteiger partial charge in [0.25, 0.3) is 0 Å². The lowest BCUT2D eigenvalue weighted by Crippen LogP contribution is -2.18. The van der Waals surface area contributed by atoms with E-state index >= 15 is 0 Å². The lowest BCUT2D eigenvalue weighted by Gasteiger charge is -2.29. The monoisotopic (exact) mass is 858 g/mol. The fourth-order valence-electron chi connectivity index (χ4n) is 12.0. The van der Waals surface area contributed by atoms with Crippen molar-refractivity contribution in [2.45, 2.75) is 38.5 Å². The van der Waals surface area contributed by atoms with Crippen LogP contribution in [0.5, 0.6) is 0 Å². The Morgan fingerprint density at radius 2 is 0.985 bits per heavy atom. The number of nitrogens with zero attached hydrogens (tertiary/aromatic N) is 2. The van der Waals surface area contributed by atoms with Crippen molar-refractivity contribution in [2.24, 2.45) is 0 Å². The normalized spacial score (nSPS) is 14.4. The molecule has 2 heterocycles. The number of fused-ring (bicyclic) bond motifs is 9. The molecule has 318 valence electrons. The summed E-state index contributed by atoms with van der Waals surface area (Å²) in [5.74, 6) is 0. The molecule has 0 aliphatic heterocycles. The fraction of sp³-hybridized carbons (Fsp3) is 0.0938. The van der Waals surface area contributed by atoms with Crippen molar-refractivity contribution >= 4 is 83.7 Å². The van der Waals surface area contributed by atoms with Crippen LogP contribution < -0.4 is 4.90 Å². The Hall–Kier alpha value is -8.14. The molecule has 67 heavy (non-hydrogen) atoms. The van der Waals surface area contributed by atoms with E-state index in [1.165, 1.54) is 88.3 Å². The van der Waals surface area contributed by atoms with E-state index in [2.05, 4.69) is 243 Å². The summed E-state index contributed by atoms with van der Waals surface area (Å²) in [6.45, 7) is 9.43. The smallest absolute Gasteiger partial charge is 0.137 e. The van der Waals surface area contributed by atoms with Gasteiger partial charge >= 0.3 is 0 Å². The SMILES string of the molecule is CC1(C)c2ccccc2-c2ccc(N(c3ccc4c(c3)C(C)(C)c3ccccc3-4)c3ccc4c(c3)oc3cc(C=Cc5ccc6c7c5ccc5cccc(c57)n6-c5ccccc5)ccc34)cc21. The quantitative estimate of drug-likeness (QED) is 0.123. The molecule has 0 unspecified atom stereocenters.